The van der Waals surface area contributed by atoms with Gasteiger partial charge in [0.25, 0.3) is 11.5 Å². The molecule has 0 spiro atoms. The van der Waals surface area contributed by atoms with E-state index >= 15 is 0 Å². The van der Waals surface area contributed by atoms with E-state index < -0.39 is 12.0 Å². The molecule has 0 unspecified atom stereocenters. The number of amides is 1. The van der Waals surface area contributed by atoms with E-state index in [1.54, 1.807) is 42.5 Å². The van der Waals surface area contributed by atoms with Gasteiger partial charge in [-0.1, -0.05) is 18.2 Å². The smallest absolute Gasteiger partial charge is 0.328 e. The number of H-pyrrole nitrogens is 1. The average Bonchev–Trinajstić information content (AvgIpc) is 3.11. The summed E-state index contributed by atoms with van der Waals surface area (Å²) in [5, 5.41) is 3.27. The number of hydrogen-bond acceptors (Lipinski definition) is 6. The van der Waals surface area contributed by atoms with Gasteiger partial charge >= 0.3 is 5.97 Å². The monoisotopic (exact) mass is 411 g/mol. The molecule has 8 heteroatoms. The van der Waals surface area contributed by atoms with E-state index in [1.807, 2.05) is 6.07 Å². The fourth-order valence-corrected chi connectivity index (χ4v) is 4.75. The van der Waals surface area contributed by atoms with Gasteiger partial charge in [0.05, 0.1) is 5.39 Å². The van der Waals surface area contributed by atoms with Gasteiger partial charge in [-0.15, -0.1) is 11.3 Å². The van der Waals surface area contributed by atoms with Crippen molar-refractivity contribution in [3.05, 3.63) is 62.5 Å². The number of carbonyl (C=O) groups is 2. The van der Waals surface area contributed by atoms with Crippen molar-refractivity contribution in [3.63, 3.8) is 0 Å². The molecule has 7 nitrogen and oxygen atoms in total. The van der Waals surface area contributed by atoms with E-state index in [9.17, 15) is 14.4 Å². The third-order valence-corrected chi connectivity index (χ3v) is 6.15. The maximum atomic E-state index is 12.5. The lowest BCUT2D eigenvalue weighted by molar-refractivity contribution is -0.147. The first-order valence-electron chi connectivity index (χ1n) is 9.59. The number of nitrogens with one attached hydrogen (secondary N) is 2. The van der Waals surface area contributed by atoms with Crippen molar-refractivity contribution in [3.8, 4) is 0 Å². The van der Waals surface area contributed by atoms with Crippen molar-refractivity contribution in [2.45, 2.75) is 45.3 Å². The number of fused-ring (bicyclic) bond motifs is 3. The zero-order valence-corrected chi connectivity index (χ0v) is 16.8. The minimum atomic E-state index is -0.827. The number of rotatable bonds is 5. The van der Waals surface area contributed by atoms with Crippen LogP contribution >= 0.6 is 11.3 Å². The van der Waals surface area contributed by atoms with Gasteiger partial charge in [-0.25, -0.2) is 9.78 Å². The number of benzene rings is 1. The standard InChI is InChI=1S/C21H21N3O4S/c1-12(22-18(25)13-7-3-2-4-8-13)21(27)28-11-16-23-19(26)17-14-9-5-6-10-15(14)29-20(17)24-16/h2-4,7-8,12H,5-6,9-11H2,1H3,(H,22,25)(H,23,24,26)/t12-/m0/s1. The Morgan fingerprint density at radius 3 is 2.79 bits per heavy atom. The molecule has 2 heterocycles. The van der Waals surface area contributed by atoms with Crippen molar-refractivity contribution in [1.29, 1.82) is 0 Å². The Labute approximate surface area is 171 Å². The van der Waals surface area contributed by atoms with Crippen LogP contribution in [0.15, 0.2) is 35.1 Å². The van der Waals surface area contributed by atoms with E-state index in [0.717, 1.165) is 31.2 Å². The second-order valence-corrected chi connectivity index (χ2v) is 8.16. The molecule has 1 aliphatic carbocycles. The molecule has 150 valence electrons. The molecule has 1 aromatic carbocycles. The first kappa shape index (κ1) is 19.3. The van der Waals surface area contributed by atoms with Gasteiger partial charge in [-0.2, -0.15) is 0 Å². The predicted octanol–water partition coefficient (Wildman–Crippen LogP) is 2.73. The molecule has 0 saturated carbocycles. The Balaban J connectivity index is 1.42. The number of aromatic nitrogens is 2. The third kappa shape index (κ3) is 4.07. The first-order valence-corrected chi connectivity index (χ1v) is 10.4. The summed E-state index contributed by atoms with van der Waals surface area (Å²) < 4.78 is 5.25. The highest BCUT2D eigenvalue weighted by Gasteiger charge is 2.21. The SMILES string of the molecule is C[C@H](NC(=O)c1ccccc1)C(=O)OCc1nc2sc3c(c2c(=O)[nH]1)CCCC3. The van der Waals surface area contributed by atoms with Gasteiger partial charge in [0.2, 0.25) is 0 Å². The Morgan fingerprint density at radius 2 is 2.00 bits per heavy atom. The van der Waals surface area contributed by atoms with Crippen LogP contribution in [0.1, 0.15) is 46.4 Å². The molecule has 0 aliphatic heterocycles. The molecular formula is C21H21N3O4S. The van der Waals surface area contributed by atoms with Crippen LogP contribution in [0, 0.1) is 0 Å². The minimum Gasteiger partial charge on any atom is -0.456 e. The van der Waals surface area contributed by atoms with Crippen LogP contribution in [0.2, 0.25) is 0 Å². The quantitative estimate of drug-likeness (QED) is 0.629. The average molecular weight is 411 g/mol. The van der Waals surface area contributed by atoms with Gasteiger partial charge in [0.1, 0.15) is 23.3 Å². The van der Waals surface area contributed by atoms with Crippen LogP contribution in [0.4, 0.5) is 0 Å². The lowest BCUT2D eigenvalue weighted by atomic mass is 9.97. The molecule has 1 aliphatic rings. The summed E-state index contributed by atoms with van der Waals surface area (Å²) >= 11 is 1.55. The van der Waals surface area contributed by atoms with E-state index in [1.165, 1.54) is 4.88 Å². The van der Waals surface area contributed by atoms with Crippen molar-refractivity contribution >= 4 is 33.4 Å². The molecule has 0 saturated heterocycles. The summed E-state index contributed by atoms with van der Waals surface area (Å²) in [6.07, 6.45) is 4.12. The summed E-state index contributed by atoms with van der Waals surface area (Å²) in [5.41, 5.74) is 1.39. The van der Waals surface area contributed by atoms with E-state index in [4.69, 9.17) is 4.74 Å². The van der Waals surface area contributed by atoms with Crippen molar-refractivity contribution < 1.29 is 14.3 Å². The lowest BCUT2D eigenvalue weighted by Crippen LogP contribution is -2.39. The summed E-state index contributed by atoms with van der Waals surface area (Å²) in [4.78, 5) is 46.0. The topological polar surface area (TPSA) is 101 Å². The maximum absolute atomic E-state index is 12.5. The highest BCUT2D eigenvalue weighted by molar-refractivity contribution is 7.18. The van der Waals surface area contributed by atoms with Gasteiger partial charge in [-0.3, -0.25) is 9.59 Å². The zero-order valence-electron chi connectivity index (χ0n) is 16.0. The third-order valence-electron chi connectivity index (χ3n) is 4.96. The normalized spacial score (nSPS) is 14.2. The molecule has 0 bridgehead atoms. The van der Waals surface area contributed by atoms with Crippen molar-refractivity contribution in [2.75, 3.05) is 0 Å². The van der Waals surface area contributed by atoms with Crippen molar-refractivity contribution in [2.24, 2.45) is 0 Å². The molecule has 4 rings (SSSR count). The molecule has 1 atom stereocenters. The zero-order chi connectivity index (χ0) is 20.4. The molecule has 3 aromatic rings. The van der Waals surface area contributed by atoms with E-state index in [-0.39, 0.29) is 18.1 Å². The van der Waals surface area contributed by atoms with Gasteiger partial charge in [0, 0.05) is 10.4 Å². The van der Waals surface area contributed by atoms with E-state index in [2.05, 4.69) is 15.3 Å². The van der Waals surface area contributed by atoms with Gasteiger partial charge in [0.15, 0.2) is 0 Å². The Hall–Kier alpha value is -3.00. The first-order chi connectivity index (χ1) is 14.0. The number of ether oxygens (including phenoxy) is 1. The molecular weight excluding hydrogens is 390 g/mol. The van der Waals surface area contributed by atoms with Crippen LogP contribution in [-0.2, 0) is 29.0 Å². The number of hydrogen-bond donors (Lipinski definition) is 2. The van der Waals surface area contributed by atoms with Gasteiger partial charge in [-0.05, 0) is 50.3 Å². The van der Waals surface area contributed by atoms with Crippen LogP contribution in [0.5, 0.6) is 0 Å². The highest BCUT2D eigenvalue weighted by Crippen LogP contribution is 2.33. The predicted molar refractivity (Wildman–Crippen MR) is 110 cm³/mol. The molecule has 2 aromatic heterocycles. The highest BCUT2D eigenvalue weighted by atomic mass is 32.1. The summed E-state index contributed by atoms with van der Waals surface area (Å²) in [5.74, 6) is -0.647. The van der Waals surface area contributed by atoms with Crippen LogP contribution in [0.25, 0.3) is 10.2 Å². The number of thiophene rings is 1. The molecule has 1 amide bonds. The fourth-order valence-electron chi connectivity index (χ4n) is 3.47. The van der Waals surface area contributed by atoms with Crippen molar-refractivity contribution in [1.82, 2.24) is 15.3 Å². The number of aromatic amines is 1. The largest absolute Gasteiger partial charge is 0.456 e. The molecule has 0 fully saturated rings. The van der Waals surface area contributed by atoms with Crippen LogP contribution < -0.4 is 10.9 Å². The second kappa shape index (κ2) is 8.16. The summed E-state index contributed by atoms with van der Waals surface area (Å²) in [6, 6.07) is 7.81. The number of esters is 1. The Morgan fingerprint density at radius 1 is 1.24 bits per heavy atom. The fraction of sp³-hybridized carbons (Fsp3) is 0.333. The maximum Gasteiger partial charge on any atom is 0.328 e. The second-order valence-electron chi connectivity index (χ2n) is 7.07. The molecule has 0 radical (unpaired) electrons. The minimum absolute atomic E-state index is 0.155. The molecule has 2 N–H and O–H groups in total. The summed E-state index contributed by atoms with van der Waals surface area (Å²) in [7, 11) is 0. The Bertz CT molecular complexity index is 1120. The van der Waals surface area contributed by atoms with E-state index in [0.29, 0.717) is 21.6 Å². The lowest BCUT2D eigenvalue weighted by Gasteiger charge is -2.13. The van der Waals surface area contributed by atoms with Crippen LogP contribution in [-0.4, -0.2) is 27.9 Å². The summed E-state index contributed by atoms with van der Waals surface area (Å²) in [6.45, 7) is 1.40. The number of aryl methyl sites for hydroxylation is 2. The number of carbonyl (C=O) groups excluding carboxylic acids is 2. The van der Waals surface area contributed by atoms with Gasteiger partial charge < -0.3 is 15.0 Å². The van der Waals surface area contributed by atoms with Crippen LogP contribution in [0.3, 0.4) is 0 Å². The molecule has 29 heavy (non-hydrogen) atoms. The number of nitrogens with zero attached hydrogens (tertiary/aromatic N) is 1. The Kier molecular flexibility index (Phi) is 5.44.